The average molecular weight is 466 g/mol. The summed E-state index contributed by atoms with van der Waals surface area (Å²) in [6, 6.07) is 2.38. The molecule has 0 saturated heterocycles. The Morgan fingerprint density at radius 3 is 2.78 bits per heavy atom. The summed E-state index contributed by atoms with van der Waals surface area (Å²) in [5.41, 5.74) is 0.346. The number of nitrogens with one attached hydrogen (secondary N) is 2. The molecule has 32 heavy (non-hydrogen) atoms. The molecule has 1 amide bonds. The monoisotopic (exact) mass is 465 g/mol. The number of anilines is 3. The Morgan fingerprint density at radius 2 is 2.06 bits per heavy atom. The highest BCUT2D eigenvalue weighted by Crippen LogP contribution is 2.26. The van der Waals surface area contributed by atoms with Crippen LogP contribution < -0.4 is 15.4 Å². The number of likely N-dealkylation sites (N-methyl/N-ethyl adjacent to an activating group) is 1. The molecule has 2 aromatic heterocycles. The van der Waals surface area contributed by atoms with Gasteiger partial charge >= 0.3 is 0 Å². The summed E-state index contributed by atoms with van der Waals surface area (Å²) in [6.07, 6.45) is 4.48. The minimum absolute atomic E-state index is 0.0356. The number of hydrogen-bond donors (Lipinski definition) is 2. The summed E-state index contributed by atoms with van der Waals surface area (Å²) in [5.74, 6) is -1.29. The number of hydrogen-bond acceptors (Lipinski definition) is 7. The van der Waals surface area contributed by atoms with Crippen molar-refractivity contribution in [2.24, 2.45) is 0 Å². The summed E-state index contributed by atoms with van der Waals surface area (Å²) < 4.78 is 35.3. The zero-order chi connectivity index (χ0) is 23.3. The van der Waals surface area contributed by atoms with Crippen molar-refractivity contribution in [3.8, 4) is 5.75 Å². The Bertz CT molecular complexity index is 1110. The van der Waals surface area contributed by atoms with Gasteiger partial charge in [0.1, 0.15) is 17.4 Å². The third-order valence-corrected chi connectivity index (χ3v) is 4.59. The highest BCUT2D eigenvalue weighted by Gasteiger charge is 2.16. The quantitative estimate of drug-likeness (QED) is 0.499. The minimum atomic E-state index is -0.789. The van der Waals surface area contributed by atoms with Crippen LogP contribution in [0.3, 0.4) is 0 Å². The number of nitrogens with zero attached hydrogens (tertiary/aromatic N) is 5. The van der Waals surface area contributed by atoms with Gasteiger partial charge in [0.25, 0.3) is 0 Å². The van der Waals surface area contributed by atoms with Gasteiger partial charge in [-0.2, -0.15) is 10.1 Å². The van der Waals surface area contributed by atoms with Gasteiger partial charge in [0.2, 0.25) is 11.9 Å². The number of benzene rings is 1. The molecule has 3 rings (SSSR count). The van der Waals surface area contributed by atoms with Crippen LogP contribution in [0.2, 0.25) is 5.02 Å². The minimum Gasteiger partial charge on any atom is -0.491 e. The van der Waals surface area contributed by atoms with Crippen LogP contribution in [0.5, 0.6) is 5.75 Å². The van der Waals surface area contributed by atoms with E-state index in [1.807, 2.05) is 0 Å². The van der Waals surface area contributed by atoms with Gasteiger partial charge in [-0.1, -0.05) is 11.6 Å². The van der Waals surface area contributed by atoms with Crippen LogP contribution in [0.25, 0.3) is 0 Å². The van der Waals surface area contributed by atoms with Crippen LogP contribution in [0, 0.1) is 11.6 Å². The number of halogens is 3. The van der Waals surface area contributed by atoms with Crippen LogP contribution in [-0.2, 0) is 17.9 Å². The molecule has 0 bridgehead atoms. The van der Waals surface area contributed by atoms with E-state index >= 15 is 0 Å². The fourth-order valence-electron chi connectivity index (χ4n) is 2.65. The maximum Gasteiger partial charge on any atom is 0.243 e. The highest BCUT2D eigenvalue weighted by molar-refractivity contribution is 6.32. The lowest BCUT2D eigenvalue weighted by atomic mass is 10.2. The molecule has 0 fully saturated rings. The molecule has 0 spiro atoms. The molecule has 0 radical (unpaired) electrons. The number of ether oxygens (including phenoxy) is 1. The molecule has 2 heterocycles. The van der Waals surface area contributed by atoms with Gasteiger partial charge < -0.3 is 20.3 Å². The largest absolute Gasteiger partial charge is 0.491 e. The number of aromatic nitrogens is 4. The predicted molar refractivity (Wildman–Crippen MR) is 116 cm³/mol. The maximum atomic E-state index is 14.5. The summed E-state index contributed by atoms with van der Waals surface area (Å²) in [7, 11) is 3.32. The van der Waals surface area contributed by atoms with E-state index in [4.69, 9.17) is 16.3 Å². The summed E-state index contributed by atoms with van der Waals surface area (Å²) in [6.45, 7) is 1.84. The molecule has 0 atom stereocenters. The molecule has 0 aliphatic carbocycles. The predicted octanol–water partition coefficient (Wildman–Crippen LogP) is 3.45. The van der Waals surface area contributed by atoms with E-state index in [2.05, 4.69) is 25.7 Å². The van der Waals surface area contributed by atoms with E-state index in [1.165, 1.54) is 28.0 Å². The SMILES string of the molecule is CCOc1ccc(F)c(CNc2nc(Nc3cnn(CC(=O)N(C)C)c3)ncc2Cl)c1F. The molecule has 0 aliphatic rings. The summed E-state index contributed by atoms with van der Waals surface area (Å²) >= 11 is 6.13. The van der Waals surface area contributed by atoms with Crippen molar-refractivity contribution in [3.63, 3.8) is 0 Å². The van der Waals surface area contributed by atoms with Gasteiger partial charge in [-0.15, -0.1) is 0 Å². The van der Waals surface area contributed by atoms with Crippen molar-refractivity contribution in [2.75, 3.05) is 31.3 Å². The first-order chi connectivity index (χ1) is 15.3. The average Bonchev–Trinajstić information content (AvgIpc) is 3.18. The first-order valence-electron chi connectivity index (χ1n) is 9.64. The van der Waals surface area contributed by atoms with Crippen molar-refractivity contribution in [1.82, 2.24) is 24.6 Å². The molecule has 9 nitrogen and oxygen atoms in total. The van der Waals surface area contributed by atoms with E-state index in [9.17, 15) is 13.6 Å². The number of carbonyl (C=O) groups is 1. The van der Waals surface area contributed by atoms with E-state index in [0.29, 0.717) is 5.69 Å². The van der Waals surface area contributed by atoms with Gasteiger partial charge in [-0.3, -0.25) is 9.48 Å². The standard InChI is InChI=1S/C20H22ClF2N7O2/c1-4-32-16-6-5-15(22)13(18(16)23)8-24-19-14(21)9-25-20(28-19)27-12-7-26-30(10-12)11-17(31)29(2)3/h5-7,9-10H,4,8,11H2,1-3H3,(H2,24,25,27,28). The van der Waals surface area contributed by atoms with Crippen LogP contribution in [-0.4, -0.2) is 51.3 Å². The Hall–Kier alpha value is -3.47. The summed E-state index contributed by atoms with van der Waals surface area (Å²) in [5, 5.41) is 10.0. The van der Waals surface area contributed by atoms with Gasteiger partial charge in [0.15, 0.2) is 17.4 Å². The Kier molecular flexibility index (Phi) is 7.41. The van der Waals surface area contributed by atoms with Gasteiger partial charge in [0.05, 0.1) is 24.7 Å². The fourth-order valence-corrected chi connectivity index (χ4v) is 2.81. The van der Waals surface area contributed by atoms with E-state index in [-0.39, 0.29) is 53.7 Å². The molecule has 3 aromatic rings. The maximum absolute atomic E-state index is 14.5. The smallest absolute Gasteiger partial charge is 0.243 e. The number of carbonyl (C=O) groups excluding carboxylic acids is 1. The Balaban J connectivity index is 1.71. The lowest BCUT2D eigenvalue weighted by Gasteiger charge is -2.12. The van der Waals surface area contributed by atoms with E-state index in [1.54, 1.807) is 27.2 Å². The molecule has 0 aliphatic heterocycles. The van der Waals surface area contributed by atoms with Crippen molar-refractivity contribution >= 4 is 35.0 Å². The highest BCUT2D eigenvalue weighted by atomic mass is 35.5. The van der Waals surface area contributed by atoms with Crippen LogP contribution in [0.4, 0.5) is 26.2 Å². The van der Waals surface area contributed by atoms with Gasteiger partial charge in [-0.05, 0) is 19.1 Å². The van der Waals surface area contributed by atoms with E-state index in [0.717, 1.165) is 6.07 Å². The molecule has 1 aromatic carbocycles. The zero-order valence-electron chi connectivity index (χ0n) is 17.7. The lowest BCUT2D eigenvalue weighted by Crippen LogP contribution is -2.26. The fraction of sp³-hybridized carbons (Fsp3) is 0.300. The Labute approximate surface area is 188 Å². The first-order valence-corrected chi connectivity index (χ1v) is 10.0. The second kappa shape index (κ2) is 10.2. The van der Waals surface area contributed by atoms with Crippen LogP contribution in [0.15, 0.2) is 30.7 Å². The van der Waals surface area contributed by atoms with Crippen molar-refractivity contribution in [3.05, 3.63) is 52.9 Å². The van der Waals surface area contributed by atoms with Gasteiger partial charge in [0, 0.05) is 32.4 Å². The third-order valence-electron chi connectivity index (χ3n) is 4.31. The van der Waals surface area contributed by atoms with Crippen molar-refractivity contribution in [1.29, 1.82) is 0 Å². The Morgan fingerprint density at radius 1 is 1.28 bits per heavy atom. The second-order valence-electron chi connectivity index (χ2n) is 6.85. The molecule has 2 N–H and O–H groups in total. The second-order valence-corrected chi connectivity index (χ2v) is 7.26. The first kappa shape index (κ1) is 23.2. The normalized spacial score (nSPS) is 10.7. The number of rotatable bonds is 9. The number of amides is 1. The molecule has 0 saturated carbocycles. The van der Waals surface area contributed by atoms with E-state index < -0.39 is 11.6 Å². The molecular formula is C20H22ClF2N7O2. The molecule has 12 heteroatoms. The molecule has 170 valence electrons. The van der Waals surface area contributed by atoms with Crippen LogP contribution >= 0.6 is 11.6 Å². The third kappa shape index (κ3) is 5.61. The molecule has 0 unspecified atom stereocenters. The van der Waals surface area contributed by atoms with Crippen molar-refractivity contribution in [2.45, 2.75) is 20.0 Å². The molecular weight excluding hydrogens is 444 g/mol. The van der Waals surface area contributed by atoms with Crippen molar-refractivity contribution < 1.29 is 18.3 Å². The van der Waals surface area contributed by atoms with Crippen LogP contribution in [0.1, 0.15) is 12.5 Å². The van der Waals surface area contributed by atoms with Gasteiger partial charge in [-0.25, -0.2) is 13.8 Å². The lowest BCUT2D eigenvalue weighted by molar-refractivity contribution is -0.129. The topological polar surface area (TPSA) is 97.2 Å². The zero-order valence-corrected chi connectivity index (χ0v) is 18.5. The summed E-state index contributed by atoms with van der Waals surface area (Å²) in [4.78, 5) is 21.6.